The van der Waals surface area contributed by atoms with Crippen molar-refractivity contribution in [2.24, 2.45) is 11.7 Å². The normalized spacial score (nSPS) is 28.3. The first-order valence-electron chi connectivity index (χ1n) is 6.82. The lowest BCUT2D eigenvalue weighted by Crippen LogP contribution is -2.34. The maximum atomic E-state index is 13.4. The van der Waals surface area contributed by atoms with Gasteiger partial charge in [0, 0.05) is 17.0 Å². The van der Waals surface area contributed by atoms with Gasteiger partial charge in [-0.25, -0.2) is 4.39 Å². The highest BCUT2D eigenvalue weighted by Crippen LogP contribution is 2.40. The molecule has 1 aromatic carbocycles. The molecule has 1 aliphatic rings. The van der Waals surface area contributed by atoms with Crippen LogP contribution >= 0.6 is 11.6 Å². The van der Waals surface area contributed by atoms with Crippen LogP contribution in [-0.4, -0.2) is 6.04 Å². The number of benzene rings is 1. The van der Waals surface area contributed by atoms with E-state index in [0.717, 1.165) is 18.4 Å². The zero-order valence-corrected chi connectivity index (χ0v) is 11.6. The van der Waals surface area contributed by atoms with E-state index in [2.05, 4.69) is 6.92 Å². The van der Waals surface area contributed by atoms with Crippen LogP contribution in [0.5, 0.6) is 0 Å². The number of hydrogen-bond acceptors (Lipinski definition) is 1. The predicted octanol–water partition coefficient (Wildman–Crippen LogP) is 4.49. The molecule has 0 aromatic heterocycles. The Morgan fingerprint density at radius 1 is 1.39 bits per heavy atom. The summed E-state index contributed by atoms with van der Waals surface area (Å²) in [4.78, 5) is 0. The molecule has 1 fully saturated rings. The molecule has 0 spiro atoms. The fourth-order valence-electron chi connectivity index (χ4n) is 3.11. The molecule has 2 N–H and O–H groups in total. The van der Waals surface area contributed by atoms with Gasteiger partial charge in [0.15, 0.2) is 0 Å². The van der Waals surface area contributed by atoms with Gasteiger partial charge in [-0.1, -0.05) is 31.4 Å². The topological polar surface area (TPSA) is 26.0 Å². The van der Waals surface area contributed by atoms with Crippen LogP contribution in [0.1, 0.15) is 50.5 Å². The summed E-state index contributed by atoms with van der Waals surface area (Å²) in [5, 5.41) is 0.647. The summed E-state index contributed by atoms with van der Waals surface area (Å²) < 4.78 is 13.4. The Balaban J connectivity index is 2.21. The van der Waals surface area contributed by atoms with Crippen molar-refractivity contribution in [2.45, 2.75) is 51.0 Å². The number of halogens is 2. The number of hydrogen-bond donors (Lipinski definition) is 1. The minimum Gasteiger partial charge on any atom is -0.327 e. The van der Waals surface area contributed by atoms with Crippen LogP contribution in [-0.2, 0) is 0 Å². The Morgan fingerprint density at radius 2 is 2.17 bits per heavy atom. The van der Waals surface area contributed by atoms with Gasteiger partial charge in [0.05, 0.1) is 0 Å². The maximum Gasteiger partial charge on any atom is 0.123 e. The van der Waals surface area contributed by atoms with Gasteiger partial charge < -0.3 is 5.73 Å². The average molecular weight is 270 g/mol. The van der Waals surface area contributed by atoms with Crippen molar-refractivity contribution < 1.29 is 4.39 Å². The van der Waals surface area contributed by atoms with Crippen molar-refractivity contribution in [3.05, 3.63) is 34.6 Å². The van der Waals surface area contributed by atoms with Crippen molar-refractivity contribution in [1.82, 2.24) is 0 Å². The fraction of sp³-hybridized carbons (Fsp3) is 0.600. The monoisotopic (exact) mass is 269 g/mol. The van der Waals surface area contributed by atoms with Crippen molar-refractivity contribution in [3.8, 4) is 0 Å². The van der Waals surface area contributed by atoms with E-state index in [1.165, 1.54) is 25.3 Å². The van der Waals surface area contributed by atoms with Gasteiger partial charge in [-0.05, 0) is 48.9 Å². The van der Waals surface area contributed by atoms with Gasteiger partial charge in [0.1, 0.15) is 5.82 Å². The Hall–Kier alpha value is -0.600. The summed E-state index contributed by atoms with van der Waals surface area (Å²) >= 11 is 6.20. The molecule has 1 nitrogen and oxygen atoms in total. The van der Waals surface area contributed by atoms with Crippen LogP contribution < -0.4 is 5.73 Å². The van der Waals surface area contributed by atoms with E-state index < -0.39 is 0 Å². The largest absolute Gasteiger partial charge is 0.327 e. The Morgan fingerprint density at radius 3 is 2.89 bits per heavy atom. The molecule has 0 radical (unpaired) electrons. The van der Waals surface area contributed by atoms with Gasteiger partial charge in [-0.3, -0.25) is 0 Å². The molecule has 3 unspecified atom stereocenters. The molecular formula is C15H21ClFN. The molecule has 3 heteroatoms. The first-order chi connectivity index (χ1) is 8.61. The Labute approximate surface area is 114 Å². The van der Waals surface area contributed by atoms with E-state index in [1.54, 1.807) is 12.1 Å². The van der Waals surface area contributed by atoms with Crippen LogP contribution in [0.4, 0.5) is 4.39 Å². The predicted molar refractivity (Wildman–Crippen MR) is 74.4 cm³/mol. The van der Waals surface area contributed by atoms with Crippen LogP contribution in [0.2, 0.25) is 5.02 Å². The molecule has 0 saturated heterocycles. The summed E-state index contributed by atoms with van der Waals surface area (Å²) in [7, 11) is 0. The fourth-order valence-corrected chi connectivity index (χ4v) is 3.37. The second-order valence-corrected chi connectivity index (χ2v) is 5.81. The van der Waals surface area contributed by atoms with E-state index in [-0.39, 0.29) is 17.8 Å². The molecule has 0 bridgehead atoms. The summed E-state index contributed by atoms with van der Waals surface area (Å²) in [6, 6.07) is 4.71. The van der Waals surface area contributed by atoms with E-state index >= 15 is 0 Å². The third-order valence-corrected chi connectivity index (χ3v) is 4.41. The second-order valence-electron chi connectivity index (χ2n) is 5.40. The highest BCUT2D eigenvalue weighted by Gasteiger charge is 2.30. The lowest BCUT2D eigenvalue weighted by atomic mass is 9.74. The van der Waals surface area contributed by atoms with Gasteiger partial charge >= 0.3 is 0 Å². The lowest BCUT2D eigenvalue weighted by Gasteiger charge is -2.35. The number of rotatable bonds is 3. The Bertz CT molecular complexity index is 407. The summed E-state index contributed by atoms with van der Waals surface area (Å²) in [5.74, 6) is 0.692. The van der Waals surface area contributed by atoms with Gasteiger partial charge in [-0.15, -0.1) is 0 Å². The summed E-state index contributed by atoms with van der Waals surface area (Å²) in [6.07, 6.45) is 5.68. The van der Waals surface area contributed by atoms with E-state index in [1.807, 2.05) is 0 Å². The van der Waals surface area contributed by atoms with Gasteiger partial charge in [0.2, 0.25) is 0 Å². The Kier molecular flexibility index (Phi) is 4.63. The van der Waals surface area contributed by atoms with Crippen LogP contribution in [0.25, 0.3) is 0 Å². The average Bonchev–Trinajstić information content (AvgIpc) is 2.35. The minimum atomic E-state index is -0.223. The van der Waals surface area contributed by atoms with Crippen LogP contribution in [0, 0.1) is 11.7 Å². The first kappa shape index (κ1) is 13.8. The lowest BCUT2D eigenvalue weighted by molar-refractivity contribution is 0.274. The quantitative estimate of drug-likeness (QED) is 0.860. The van der Waals surface area contributed by atoms with Crippen molar-refractivity contribution >= 4 is 11.6 Å². The molecule has 1 saturated carbocycles. The smallest absolute Gasteiger partial charge is 0.123 e. The number of nitrogens with two attached hydrogens (primary N) is 1. The van der Waals surface area contributed by atoms with E-state index in [0.29, 0.717) is 10.9 Å². The molecule has 0 aliphatic heterocycles. The third-order valence-electron chi connectivity index (χ3n) is 4.07. The molecule has 0 heterocycles. The molecule has 2 rings (SSSR count). The maximum absolute atomic E-state index is 13.4. The molecule has 1 aromatic rings. The molecule has 100 valence electrons. The van der Waals surface area contributed by atoms with Gasteiger partial charge in [0.25, 0.3) is 0 Å². The molecular weight excluding hydrogens is 249 g/mol. The van der Waals surface area contributed by atoms with Crippen molar-refractivity contribution in [1.29, 1.82) is 0 Å². The standard InChI is InChI=1S/C15H21ClFN/c1-2-3-10-4-7-15(18)13(8-10)12-9-11(17)5-6-14(12)16/h5-6,9-10,13,15H,2-4,7-8,18H2,1H3. The van der Waals surface area contributed by atoms with E-state index in [4.69, 9.17) is 17.3 Å². The zero-order chi connectivity index (χ0) is 13.1. The van der Waals surface area contributed by atoms with E-state index in [9.17, 15) is 4.39 Å². The second kappa shape index (κ2) is 6.03. The zero-order valence-electron chi connectivity index (χ0n) is 10.8. The highest BCUT2D eigenvalue weighted by molar-refractivity contribution is 6.31. The third kappa shape index (κ3) is 3.04. The molecule has 0 amide bonds. The van der Waals surface area contributed by atoms with Crippen molar-refractivity contribution in [3.63, 3.8) is 0 Å². The molecule has 3 atom stereocenters. The van der Waals surface area contributed by atoms with Crippen LogP contribution in [0.3, 0.4) is 0 Å². The highest BCUT2D eigenvalue weighted by atomic mass is 35.5. The van der Waals surface area contributed by atoms with Gasteiger partial charge in [-0.2, -0.15) is 0 Å². The summed E-state index contributed by atoms with van der Waals surface area (Å²) in [6.45, 7) is 2.21. The molecule has 18 heavy (non-hydrogen) atoms. The molecule has 1 aliphatic carbocycles. The first-order valence-corrected chi connectivity index (χ1v) is 7.20. The SMILES string of the molecule is CCCC1CCC(N)C(c2cc(F)ccc2Cl)C1. The van der Waals surface area contributed by atoms with Crippen LogP contribution in [0.15, 0.2) is 18.2 Å². The summed E-state index contributed by atoms with van der Waals surface area (Å²) in [5.41, 5.74) is 7.10. The minimum absolute atomic E-state index is 0.109. The van der Waals surface area contributed by atoms with Crippen molar-refractivity contribution in [2.75, 3.05) is 0 Å².